The number of nitrogens with two attached hydrogens (primary N) is 1. The van der Waals surface area contributed by atoms with E-state index in [0.717, 1.165) is 31.9 Å². The molecule has 1 aliphatic heterocycles. The zero-order valence-electron chi connectivity index (χ0n) is 12.5. The molecule has 0 aromatic carbocycles. The van der Waals surface area contributed by atoms with Crippen LogP contribution in [0.2, 0.25) is 0 Å². The Labute approximate surface area is 116 Å². The third-order valence-corrected chi connectivity index (χ3v) is 4.63. The van der Waals surface area contributed by atoms with Crippen molar-refractivity contribution in [2.45, 2.75) is 31.3 Å². The third kappa shape index (κ3) is 3.16. The van der Waals surface area contributed by atoms with Gasteiger partial charge >= 0.3 is 0 Å². The van der Waals surface area contributed by atoms with Crippen LogP contribution in [0.15, 0.2) is 12.4 Å². The summed E-state index contributed by atoms with van der Waals surface area (Å²) in [5.74, 6) is 1.10. The summed E-state index contributed by atoms with van der Waals surface area (Å²) in [6.45, 7) is 3.90. The summed E-state index contributed by atoms with van der Waals surface area (Å²) in [4.78, 5) is 9.24. The standard InChI is InChI=1S/C14H27N5/c1-17-8-4-5-14(12-15,6-9-17)19(3)11-13-16-7-10-18(13)2/h7,10H,4-6,8-9,11-12,15H2,1-3H3. The second-order valence-electron chi connectivity index (χ2n) is 5.90. The maximum Gasteiger partial charge on any atom is 0.122 e. The Morgan fingerprint density at radius 2 is 2.16 bits per heavy atom. The molecule has 108 valence electrons. The highest BCUT2D eigenvalue weighted by Crippen LogP contribution is 2.27. The van der Waals surface area contributed by atoms with Crippen LogP contribution >= 0.6 is 0 Å². The number of likely N-dealkylation sites (N-methyl/N-ethyl adjacent to an activating group) is 1. The van der Waals surface area contributed by atoms with Gasteiger partial charge in [0.1, 0.15) is 5.82 Å². The molecule has 0 spiro atoms. The number of aryl methyl sites for hydroxylation is 1. The number of likely N-dealkylation sites (tertiary alicyclic amines) is 1. The lowest BCUT2D eigenvalue weighted by atomic mass is 9.89. The van der Waals surface area contributed by atoms with Crippen molar-refractivity contribution in [2.24, 2.45) is 12.8 Å². The van der Waals surface area contributed by atoms with Gasteiger partial charge in [-0.25, -0.2) is 4.98 Å². The van der Waals surface area contributed by atoms with E-state index in [2.05, 4.69) is 33.4 Å². The van der Waals surface area contributed by atoms with Crippen LogP contribution in [0.25, 0.3) is 0 Å². The zero-order chi connectivity index (χ0) is 13.9. The summed E-state index contributed by atoms with van der Waals surface area (Å²) in [6.07, 6.45) is 7.40. The third-order valence-electron chi connectivity index (χ3n) is 4.63. The molecule has 5 heteroatoms. The first kappa shape index (κ1) is 14.5. The number of hydrogen-bond acceptors (Lipinski definition) is 4. The Balaban J connectivity index is 2.09. The predicted octanol–water partition coefficient (Wildman–Crippen LogP) is 0.665. The molecule has 0 radical (unpaired) electrons. The smallest absolute Gasteiger partial charge is 0.122 e. The van der Waals surface area contributed by atoms with Crippen molar-refractivity contribution in [1.29, 1.82) is 0 Å². The molecule has 0 aliphatic carbocycles. The van der Waals surface area contributed by atoms with E-state index in [1.165, 1.54) is 19.4 Å². The Morgan fingerprint density at radius 3 is 2.79 bits per heavy atom. The number of rotatable bonds is 4. The minimum Gasteiger partial charge on any atom is -0.337 e. The molecular weight excluding hydrogens is 238 g/mol. The lowest BCUT2D eigenvalue weighted by Gasteiger charge is -2.40. The molecule has 0 amide bonds. The van der Waals surface area contributed by atoms with E-state index in [0.29, 0.717) is 0 Å². The highest BCUT2D eigenvalue weighted by atomic mass is 15.2. The quantitative estimate of drug-likeness (QED) is 0.869. The van der Waals surface area contributed by atoms with E-state index in [1.54, 1.807) is 0 Å². The largest absolute Gasteiger partial charge is 0.337 e. The van der Waals surface area contributed by atoms with Crippen molar-refractivity contribution < 1.29 is 0 Å². The topological polar surface area (TPSA) is 50.3 Å². The number of nitrogens with zero attached hydrogens (tertiary/aromatic N) is 4. The Hall–Kier alpha value is -0.910. The Morgan fingerprint density at radius 1 is 1.37 bits per heavy atom. The van der Waals surface area contributed by atoms with E-state index in [1.807, 2.05) is 19.4 Å². The molecule has 1 aromatic heterocycles. The second kappa shape index (κ2) is 6.03. The second-order valence-corrected chi connectivity index (χ2v) is 5.90. The molecule has 0 bridgehead atoms. The van der Waals surface area contributed by atoms with Crippen LogP contribution in [0.3, 0.4) is 0 Å². The van der Waals surface area contributed by atoms with Gasteiger partial charge in [0.15, 0.2) is 0 Å². The fourth-order valence-corrected chi connectivity index (χ4v) is 2.98. The van der Waals surface area contributed by atoms with Gasteiger partial charge in [-0.3, -0.25) is 4.90 Å². The highest BCUT2D eigenvalue weighted by molar-refractivity contribution is 4.97. The summed E-state index contributed by atoms with van der Waals surface area (Å²) in [7, 11) is 6.43. The Bertz CT molecular complexity index is 402. The average Bonchev–Trinajstić information content (AvgIpc) is 2.69. The van der Waals surface area contributed by atoms with E-state index in [9.17, 15) is 0 Å². The molecule has 1 unspecified atom stereocenters. The minimum atomic E-state index is 0.122. The van der Waals surface area contributed by atoms with Crippen LogP contribution in [0.4, 0.5) is 0 Å². The molecule has 5 nitrogen and oxygen atoms in total. The van der Waals surface area contributed by atoms with Gasteiger partial charge in [0.05, 0.1) is 6.54 Å². The maximum absolute atomic E-state index is 6.13. The lowest BCUT2D eigenvalue weighted by molar-refractivity contribution is 0.0966. The molecule has 1 aromatic rings. The van der Waals surface area contributed by atoms with Crippen LogP contribution in [-0.2, 0) is 13.6 Å². The highest BCUT2D eigenvalue weighted by Gasteiger charge is 2.35. The number of aromatic nitrogens is 2. The average molecular weight is 265 g/mol. The van der Waals surface area contributed by atoms with Crippen LogP contribution in [0.5, 0.6) is 0 Å². The summed E-state index contributed by atoms with van der Waals surface area (Å²) in [6, 6.07) is 0. The van der Waals surface area contributed by atoms with Crippen LogP contribution in [-0.4, -0.2) is 58.6 Å². The Kier molecular flexibility index (Phi) is 4.60. The predicted molar refractivity (Wildman–Crippen MR) is 77.8 cm³/mol. The number of imidazole rings is 1. The maximum atomic E-state index is 6.13. The molecule has 1 aliphatic rings. The van der Waals surface area contributed by atoms with Gasteiger partial charge in [-0.15, -0.1) is 0 Å². The van der Waals surface area contributed by atoms with Crippen LogP contribution in [0, 0.1) is 0 Å². The van der Waals surface area contributed by atoms with E-state index >= 15 is 0 Å². The van der Waals surface area contributed by atoms with Gasteiger partial charge in [-0.05, 0) is 46.4 Å². The first-order valence-corrected chi connectivity index (χ1v) is 7.13. The molecule has 2 N–H and O–H groups in total. The fraction of sp³-hybridized carbons (Fsp3) is 0.786. The van der Waals surface area contributed by atoms with Crippen LogP contribution in [0.1, 0.15) is 25.1 Å². The molecule has 1 fully saturated rings. The van der Waals surface area contributed by atoms with Gasteiger partial charge in [-0.2, -0.15) is 0 Å². The molecule has 19 heavy (non-hydrogen) atoms. The van der Waals surface area contributed by atoms with Crippen molar-refractivity contribution in [3.8, 4) is 0 Å². The van der Waals surface area contributed by atoms with Crippen molar-refractivity contribution in [1.82, 2.24) is 19.4 Å². The fourth-order valence-electron chi connectivity index (χ4n) is 2.98. The monoisotopic (exact) mass is 265 g/mol. The first-order valence-electron chi connectivity index (χ1n) is 7.13. The molecule has 1 atom stereocenters. The van der Waals surface area contributed by atoms with E-state index in [4.69, 9.17) is 5.73 Å². The summed E-state index contributed by atoms with van der Waals surface area (Å²) >= 11 is 0. The summed E-state index contributed by atoms with van der Waals surface area (Å²) < 4.78 is 2.09. The minimum absolute atomic E-state index is 0.122. The normalized spacial score (nSPS) is 25.7. The summed E-state index contributed by atoms with van der Waals surface area (Å²) in [5.41, 5.74) is 6.26. The SMILES string of the molecule is CN1CCCC(CN)(N(C)Cc2nccn2C)CC1. The van der Waals surface area contributed by atoms with Crippen molar-refractivity contribution in [3.05, 3.63) is 18.2 Å². The van der Waals surface area contributed by atoms with Gasteiger partial charge in [0, 0.05) is 31.5 Å². The summed E-state index contributed by atoms with van der Waals surface area (Å²) in [5, 5.41) is 0. The lowest BCUT2D eigenvalue weighted by Crippen LogP contribution is -2.52. The van der Waals surface area contributed by atoms with E-state index in [-0.39, 0.29) is 5.54 Å². The van der Waals surface area contributed by atoms with Crippen LogP contribution < -0.4 is 5.73 Å². The molecule has 2 heterocycles. The van der Waals surface area contributed by atoms with Gasteiger partial charge in [-0.1, -0.05) is 0 Å². The zero-order valence-corrected chi connectivity index (χ0v) is 12.5. The molecule has 2 rings (SSSR count). The first-order chi connectivity index (χ1) is 9.07. The van der Waals surface area contributed by atoms with Gasteiger partial charge in [0.25, 0.3) is 0 Å². The van der Waals surface area contributed by atoms with Gasteiger partial charge in [0.2, 0.25) is 0 Å². The number of hydrogen-bond donors (Lipinski definition) is 1. The van der Waals surface area contributed by atoms with Gasteiger partial charge < -0.3 is 15.2 Å². The molecular formula is C14H27N5. The van der Waals surface area contributed by atoms with Crippen molar-refractivity contribution in [3.63, 3.8) is 0 Å². The van der Waals surface area contributed by atoms with Crippen molar-refractivity contribution >= 4 is 0 Å². The van der Waals surface area contributed by atoms with Crippen molar-refractivity contribution in [2.75, 3.05) is 33.7 Å². The molecule has 0 saturated carbocycles. The van der Waals surface area contributed by atoms with E-state index < -0.39 is 0 Å². The molecule has 1 saturated heterocycles.